The molecule has 7 heteroatoms. The number of nitrogens with zero attached hydrogens (tertiary/aromatic N) is 2. The second-order valence-corrected chi connectivity index (χ2v) is 7.20. The molecule has 0 radical (unpaired) electrons. The molecule has 0 bridgehead atoms. The van der Waals surface area contributed by atoms with Gasteiger partial charge >= 0.3 is 6.18 Å². The van der Waals surface area contributed by atoms with Gasteiger partial charge in [0.15, 0.2) is 0 Å². The third-order valence-electron chi connectivity index (χ3n) is 5.43. The zero-order valence-electron chi connectivity index (χ0n) is 13.8. The van der Waals surface area contributed by atoms with Crippen LogP contribution in [0.1, 0.15) is 28.9 Å². The molecule has 1 saturated carbocycles. The Morgan fingerprint density at radius 3 is 2.73 bits per heavy atom. The normalized spacial score (nSPS) is 20.4. The van der Waals surface area contributed by atoms with Crippen LogP contribution in [0.3, 0.4) is 0 Å². The Balaban J connectivity index is 1.83. The summed E-state index contributed by atoms with van der Waals surface area (Å²) >= 11 is 0. The third-order valence-corrected chi connectivity index (χ3v) is 5.43. The van der Waals surface area contributed by atoms with Gasteiger partial charge in [-0.15, -0.1) is 0 Å². The number of rotatable bonds is 2. The van der Waals surface area contributed by atoms with Gasteiger partial charge in [-0.05, 0) is 24.8 Å². The maximum atomic E-state index is 13.3. The van der Waals surface area contributed by atoms with Crippen molar-refractivity contribution in [2.45, 2.75) is 38.0 Å². The number of nitrogens with one attached hydrogen (secondary N) is 1. The molecular formula is C19H16F3N3O. The Labute approximate surface area is 147 Å². The zero-order valence-corrected chi connectivity index (χ0v) is 13.8. The van der Waals surface area contributed by atoms with E-state index in [2.05, 4.69) is 10.3 Å². The maximum absolute atomic E-state index is 13.3. The highest BCUT2D eigenvalue weighted by molar-refractivity contribution is 6.16. The number of hydrogen-bond donors (Lipinski definition) is 1. The van der Waals surface area contributed by atoms with Crippen LogP contribution in [-0.4, -0.2) is 27.7 Å². The smallest absolute Gasteiger partial charge is 0.349 e. The monoisotopic (exact) mass is 359 g/mol. The van der Waals surface area contributed by atoms with Crippen LogP contribution in [0.2, 0.25) is 0 Å². The molecule has 5 rings (SSSR count). The Morgan fingerprint density at radius 1 is 1.19 bits per heavy atom. The molecule has 1 fully saturated rings. The molecule has 26 heavy (non-hydrogen) atoms. The second kappa shape index (κ2) is 5.22. The molecule has 4 nitrogen and oxygen atoms in total. The molecule has 1 unspecified atom stereocenters. The van der Waals surface area contributed by atoms with Gasteiger partial charge < -0.3 is 9.88 Å². The first-order valence-electron chi connectivity index (χ1n) is 8.68. The molecule has 1 atom stereocenters. The van der Waals surface area contributed by atoms with Crippen LogP contribution < -0.4 is 5.32 Å². The number of benzene rings is 1. The summed E-state index contributed by atoms with van der Waals surface area (Å²) in [5, 5.41) is 5.03. The molecule has 3 aromatic rings. The van der Waals surface area contributed by atoms with E-state index >= 15 is 0 Å². The van der Waals surface area contributed by atoms with Gasteiger partial charge in [-0.1, -0.05) is 12.1 Å². The molecule has 1 amide bonds. The molecule has 1 N–H and O–H groups in total. The lowest BCUT2D eigenvalue weighted by Crippen LogP contribution is -2.43. The molecule has 1 aliphatic carbocycles. The van der Waals surface area contributed by atoms with E-state index in [1.54, 1.807) is 24.5 Å². The first-order valence-corrected chi connectivity index (χ1v) is 8.68. The van der Waals surface area contributed by atoms with Crippen LogP contribution in [0.5, 0.6) is 0 Å². The molecule has 0 saturated heterocycles. The SMILES string of the molecule is O=C1NC(C2CC2)Cc2c1c1ccc3cnccc3c1n2CC(F)(F)F. The van der Waals surface area contributed by atoms with Crippen molar-refractivity contribution in [3.05, 3.63) is 41.9 Å². The third kappa shape index (κ3) is 2.37. The molecule has 134 valence electrons. The summed E-state index contributed by atoms with van der Waals surface area (Å²) in [4.78, 5) is 16.8. The minimum absolute atomic E-state index is 0.0702. The minimum Gasteiger partial charge on any atom is -0.349 e. The van der Waals surface area contributed by atoms with Gasteiger partial charge in [0.2, 0.25) is 0 Å². The first kappa shape index (κ1) is 15.7. The number of hydrogen-bond acceptors (Lipinski definition) is 2. The van der Waals surface area contributed by atoms with Crippen molar-refractivity contribution >= 4 is 27.6 Å². The summed E-state index contributed by atoms with van der Waals surface area (Å²) in [6.45, 7) is -1.09. The van der Waals surface area contributed by atoms with Crippen molar-refractivity contribution in [1.82, 2.24) is 14.9 Å². The maximum Gasteiger partial charge on any atom is 0.406 e. The van der Waals surface area contributed by atoms with E-state index in [9.17, 15) is 18.0 Å². The van der Waals surface area contributed by atoms with Crippen LogP contribution in [0.4, 0.5) is 13.2 Å². The Kier molecular flexibility index (Phi) is 3.14. The lowest BCUT2D eigenvalue weighted by Gasteiger charge is -2.25. The Morgan fingerprint density at radius 2 is 2.00 bits per heavy atom. The van der Waals surface area contributed by atoms with Gasteiger partial charge in [0.05, 0.1) is 11.1 Å². The van der Waals surface area contributed by atoms with Crippen molar-refractivity contribution in [3.63, 3.8) is 0 Å². The average molecular weight is 359 g/mol. The highest BCUT2D eigenvalue weighted by Gasteiger charge is 2.40. The van der Waals surface area contributed by atoms with E-state index in [1.807, 2.05) is 6.07 Å². The van der Waals surface area contributed by atoms with Crippen molar-refractivity contribution in [2.24, 2.45) is 5.92 Å². The summed E-state index contributed by atoms with van der Waals surface area (Å²) in [5.41, 5.74) is 1.36. The van der Waals surface area contributed by atoms with Crippen molar-refractivity contribution in [3.8, 4) is 0 Å². The first-order chi connectivity index (χ1) is 12.4. The quantitative estimate of drug-likeness (QED) is 0.756. The van der Waals surface area contributed by atoms with Gasteiger partial charge in [0.1, 0.15) is 6.54 Å². The molecular weight excluding hydrogens is 343 g/mol. The lowest BCUT2D eigenvalue weighted by atomic mass is 9.96. The molecule has 1 aliphatic heterocycles. The van der Waals surface area contributed by atoms with Gasteiger partial charge in [-0.2, -0.15) is 13.2 Å². The fraction of sp³-hybridized carbons (Fsp3) is 0.368. The van der Waals surface area contributed by atoms with Crippen LogP contribution in [0.25, 0.3) is 21.7 Å². The fourth-order valence-corrected chi connectivity index (χ4v) is 4.17. The van der Waals surface area contributed by atoms with Crippen LogP contribution in [0, 0.1) is 5.92 Å². The number of alkyl halides is 3. The van der Waals surface area contributed by atoms with Crippen molar-refractivity contribution in [1.29, 1.82) is 0 Å². The fourth-order valence-electron chi connectivity index (χ4n) is 4.17. The topological polar surface area (TPSA) is 46.9 Å². The van der Waals surface area contributed by atoms with E-state index in [0.29, 0.717) is 39.9 Å². The van der Waals surface area contributed by atoms with Gasteiger partial charge in [0.25, 0.3) is 5.91 Å². The Hall–Kier alpha value is -2.57. The molecule has 2 aromatic heterocycles. The van der Waals surface area contributed by atoms with Crippen LogP contribution >= 0.6 is 0 Å². The predicted octanol–water partition coefficient (Wildman–Crippen LogP) is 3.82. The number of amides is 1. The second-order valence-electron chi connectivity index (χ2n) is 7.20. The number of carbonyl (C=O) groups excluding carboxylic acids is 1. The van der Waals surface area contributed by atoms with E-state index < -0.39 is 12.7 Å². The number of pyridine rings is 1. The molecule has 1 aromatic carbocycles. The number of carbonyl (C=O) groups is 1. The standard InChI is InChI=1S/C19H16F3N3O/c20-19(21,22)9-25-15-7-14(10-1-2-10)24-18(26)16(15)13-4-3-11-8-23-6-5-12(11)17(13)25/h3-6,8,10,14H,1-2,7,9H2,(H,24,26). The summed E-state index contributed by atoms with van der Waals surface area (Å²) in [7, 11) is 0. The number of aromatic nitrogens is 2. The van der Waals surface area contributed by atoms with E-state index in [4.69, 9.17) is 0 Å². The molecule has 0 spiro atoms. The largest absolute Gasteiger partial charge is 0.406 e. The average Bonchev–Trinajstić information content (AvgIpc) is 3.38. The highest BCUT2D eigenvalue weighted by Crippen LogP contribution is 2.40. The molecule has 3 heterocycles. The van der Waals surface area contributed by atoms with Crippen LogP contribution in [0.15, 0.2) is 30.6 Å². The van der Waals surface area contributed by atoms with Crippen molar-refractivity contribution < 1.29 is 18.0 Å². The van der Waals surface area contributed by atoms with Crippen molar-refractivity contribution in [2.75, 3.05) is 0 Å². The van der Waals surface area contributed by atoms with Gasteiger partial charge in [-0.3, -0.25) is 9.78 Å². The number of fused-ring (bicyclic) bond motifs is 5. The summed E-state index contributed by atoms with van der Waals surface area (Å²) in [6.07, 6.45) is 1.33. The van der Waals surface area contributed by atoms with E-state index in [1.165, 1.54) is 4.57 Å². The van der Waals surface area contributed by atoms with Crippen LogP contribution in [-0.2, 0) is 13.0 Å². The summed E-state index contributed by atoms with van der Waals surface area (Å²) in [6, 6.07) is 5.19. The predicted molar refractivity (Wildman–Crippen MR) is 91.0 cm³/mol. The zero-order chi connectivity index (χ0) is 18.1. The van der Waals surface area contributed by atoms with E-state index in [-0.39, 0.29) is 11.9 Å². The number of halogens is 3. The van der Waals surface area contributed by atoms with Gasteiger partial charge in [0, 0.05) is 46.7 Å². The molecule has 2 aliphatic rings. The van der Waals surface area contributed by atoms with Gasteiger partial charge in [-0.25, -0.2) is 0 Å². The summed E-state index contributed by atoms with van der Waals surface area (Å²) in [5.74, 6) is 0.118. The minimum atomic E-state index is -4.36. The lowest BCUT2D eigenvalue weighted by molar-refractivity contribution is -0.140. The highest BCUT2D eigenvalue weighted by atomic mass is 19.4. The Bertz CT molecular complexity index is 1050. The van der Waals surface area contributed by atoms with E-state index in [0.717, 1.165) is 18.2 Å². The summed E-state index contributed by atoms with van der Waals surface area (Å²) < 4.78 is 41.4.